The predicted octanol–water partition coefficient (Wildman–Crippen LogP) is 1.77. The lowest BCUT2D eigenvalue weighted by Gasteiger charge is -2.31. The Kier molecular flexibility index (Phi) is 3.89. The molecule has 1 aromatic rings. The van der Waals surface area contributed by atoms with E-state index in [-0.39, 0.29) is 12.3 Å². The summed E-state index contributed by atoms with van der Waals surface area (Å²) in [5.74, 6) is 0.803. The molecule has 0 saturated carbocycles. The van der Waals surface area contributed by atoms with Crippen LogP contribution >= 0.6 is 0 Å². The third-order valence-corrected chi connectivity index (χ3v) is 3.37. The highest BCUT2D eigenvalue weighted by atomic mass is 19.4. The Morgan fingerprint density at radius 2 is 2.28 bits per heavy atom. The molecule has 1 aliphatic rings. The average molecular weight is 262 g/mol. The van der Waals surface area contributed by atoms with E-state index in [9.17, 15) is 13.2 Å². The van der Waals surface area contributed by atoms with Gasteiger partial charge in [0.1, 0.15) is 18.2 Å². The molecule has 2 atom stereocenters. The molecule has 0 spiro atoms. The van der Waals surface area contributed by atoms with Crippen LogP contribution < -0.4 is 5.32 Å². The van der Waals surface area contributed by atoms with E-state index in [1.807, 2.05) is 6.92 Å². The summed E-state index contributed by atoms with van der Waals surface area (Å²) >= 11 is 0. The molecular formula is C11H17F3N4. The lowest BCUT2D eigenvalue weighted by atomic mass is 9.89. The molecule has 7 heteroatoms. The maximum absolute atomic E-state index is 12.6. The van der Waals surface area contributed by atoms with Gasteiger partial charge in [0, 0.05) is 13.0 Å². The summed E-state index contributed by atoms with van der Waals surface area (Å²) in [4.78, 5) is 4.12. The summed E-state index contributed by atoms with van der Waals surface area (Å²) in [5.41, 5.74) is 0. The Morgan fingerprint density at radius 3 is 2.94 bits per heavy atom. The predicted molar refractivity (Wildman–Crippen MR) is 60.0 cm³/mol. The van der Waals surface area contributed by atoms with Crippen molar-refractivity contribution in [3.63, 3.8) is 0 Å². The molecule has 0 amide bonds. The lowest BCUT2D eigenvalue weighted by molar-refractivity contribution is -0.163. The standard InChI is InChI=1S/C11H17F3N4/c1-2-18-10(16-7-17-18)6-8-3-4-15-9(5-8)11(12,13)14/h7-9,15H,2-6H2,1H3. The quantitative estimate of drug-likeness (QED) is 0.902. The first-order chi connectivity index (χ1) is 8.50. The van der Waals surface area contributed by atoms with Crippen molar-refractivity contribution in [2.45, 2.75) is 44.9 Å². The van der Waals surface area contributed by atoms with Gasteiger partial charge in [-0.1, -0.05) is 0 Å². The number of nitrogens with one attached hydrogen (secondary N) is 1. The molecule has 1 aromatic heterocycles. The monoisotopic (exact) mass is 262 g/mol. The first-order valence-electron chi connectivity index (χ1n) is 6.17. The van der Waals surface area contributed by atoms with Crippen LogP contribution in [0, 0.1) is 5.92 Å². The van der Waals surface area contributed by atoms with Crippen molar-refractivity contribution in [1.82, 2.24) is 20.1 Å². The van der Waals surface area contributed by atoms with Crippen molar-refractivity contribution < 1.29 is 13.2 Å². The Morgan fingerprint density at radius 1 is 1.50 bits per heavy atom. The fraction of sp³-hybridized carbons (Fsp3) is 0.818. The van der Waals surface area contributed by atoms with E-state index in [4.69, 9.17) is 0 Å². The molecule has 1 aliphatic heterocycles. The maximum Gasteiger partial charge on any atom is 0.403 e. The van der Waals surface area contributed by atoms with Crippen LogP contribution in [0.3, 0.4) is 0 Å². The van der Waals surface area contributed by atoms with Crippen molar-refractivity contribution in [2.24, 2.45) is 5.92 Å². The second kappa shape index (κ2) is 5.26. The highest BCUT2D eigenvalue weighted by Crippen LogP contribution is 2.30. The zero-order valence-corrected chi connectivity index (χ0v) is 10.2. The highest BCUT2D eigenvalue weighted by Gasteiger charge is 2.42. The molecule has 2 heterocycles. The van der Waals surface area contributed by atoms with E-state index in [1.165, 1.54) is 6.33 Å². The molecule has 2 unspecified atom stereocenters. The van der Waals surface area contributed by atoms with Crippen molar-refractivity contribution in [3.8, 4) is 0 Å². The Bertz CT molecular complexity index is 388. The smallest absolute Gasteiger partial charge is 0.306 e. The first kappa shape index (κ1) is 13.3. The van der Waals surface area contributed by atoms with E-state index in [0.717, 1.165) is 12.2 Å². The number of aryl methyl sites for hydroxylation is 1. The summed E-state index contributed by atoms with van der Waals surface area (Å²) in [6.45, 7) is 3.05. The van der Waals surface area contributed by atoms with Crippen LogP contribution in [0.5, 0.6) is 0 Å². The van der Waals surface area contributed by atoms with Gasteiger partial charge in [0.25, 0.3) is 0 Å². The van der Waals surface area contributed by atoms with Crippen LogP contribution in [0.1, 0.15) is 25.6 Å². The van der Waals surface area contributed by atoms with Gasteiger partial charge in [-0.15, -0.1) is 0 Å². The fourth-order valence-corrected chi connectivity index (χ4v) is 2.40. The minimum absolute atomic E-state index is 0.0207. The highest BCUT2D eigenvalue weighted by molar-refractivity contribution is 4.92. The number of hydrogen-bond acceptors (Lipinski definition) is 3. The number of nitrogens with zero attached hydrogens (tertiary/aromatic N) is 3. The van der Waals surface area contributed by atoms with Crippen molar-refractivity contribution in [2.75, 3.05) is 6.54 Å². The number of aromatic nitrogens is 3. The molecule has 0 radical (unpaired) electrons. The second-order valence-electron chi connectivity index (χ2n) is 4.63. The van der Waals surface area contributed by atoms with Crippen LogP contribution in [0.4, 0.5) is 13.2 Å². The molecule has 2 rings (SSSR count). The van der Waals surface area contributed by atoms with E-state index < -0.39 is 12.2 Å². The zero-order chi connectivity index (χ0) is 13.2. The second-order valence-corrected chi connectivity index (χ2v) is 4.63. The summed E-state index contributed by atoms with van der Waals surface area (Å²) in [6.07, 6.45) is -1.25. The average Bonchev–Trinajstić information content (AvgIpc) is 2.75. The third kappa shape index (κ3) is 3.01. The number of halogens is 3. The molecule has 1 saturated heterocycles. The van der Waals surface area contributed by atoms with Crippen LogP contribution in [0.25, 0.3) is 0 Å². The van der Waals surface area contributed by atoms with Gasteiger partial charge < -0.3 is 5.32 Å². The minimum Gasteiger partial charge on any atom is -0.306 e. The van der Waals surface area contributed by atoms with E-state index in [2.05, 4.69) is 15.4 Å². The molecule has 102 valence electrons. The Balaban J connectivity index is 1.98. The molecule has 0 aromatic carbocycles. The molecule has 1 fully saturated rings. The molecule has 18 heavy (non-hydrogen) atoms. The van der Waals surface area contributed by atoms with Crippen molar-refractivity contribution in [3.05, 3.63) is 12.2 Å². The van der Waals surface area contributed by atoms with Gasteiger partial charge in [-0.05, 0) is 32.2 Å². The normalized spacial score (nSPS) is 25.3. The van der Waals surface area contributed by atoms with Crippen molar-refractivity contribution in [1.29, 1.82) is 0 Å². The summed E-state index contributed by atoms with van der Waals surface area (Å²) < 4.78 is 39.7. The maximum atomic E-state index is 12.6. The van der Waals surface area contributed by atoms with E-state index in [1.54, 1.807) is 4.68 Å². The van der Waals surface area contributed by atoms with Gasteiger partial charge in [-0.25, -0.2) is 4.98 Å². The summed E-state index contributed by atoms with van der Waals surface area (Å²) in [6, 6.07) is -1.38. The minimum atomic E-state index is -4.16. The van der Waals surface area contributed by atoms with Gasteiger partial charge in [0.2, 0.25) is 0 Å². The SMILES string of the molecule is CCn1ncnc1CC1CCNC(C(F)(F)F)C1. The van der Waals surface area contributed by atoms with Gasteiger partial charge in [0.15, 0.2) is 0 Å². The summed E-state index contributed by atoms with van der Waals surface area (Å²) in [7, 11) is 0. The van der Waals surface area contributed by atoms with Crippen LogP contribution in [-0.4, -0.2) is 33.5 Å². The molecule has 0 aliphatic carbocycles. The molecular weight excluding hydrogens is 245 g/mol. The third-order valence-electron chi connectivity index (χ3n) is 3.37. The molecule has 0 bridgehead atoms. The number of alkyl halides is 3. The van der Waals surface area contributed by atoms with Crippen LogP contribution in [0.15, 0.2) is 6.33 Å². The number of rotatable bonds is 3. The van der Waals surface area contributed by atoms with E-state index >= 15 is 0 Å². The summed E-state index contributed by atoms with van der Waals surface area (Å²) in [5, 5.41) is 6.57. The van der Waals surface area contributed by atoms with Crippen LogP contribution in [-0.2, 0) is 13.0 Å². The van der Waals surface area contributed by atoms with Crippen LogP contribution in [0.2, 0.25) is 0 Å². The van der Waals surface area contributed by atoms with Gasteiger partial charge >= 0.3 is 6.18 Å². The zero-order valence-electron chi connectivity index (χ0n) is 10.2. The van der Waals surface area contributed by atoms with Crippen molar-refractivity contribution >= 4 is 0 Å². The van der Waals surface area contributed by atoms with Gasteiger partial charge in [0.05, 0.1) is 0 Å². The topological polar surface area (TPSA) is 42.7 Å². The molecule has 1 N–H and O–H groups in total. The fourth-order valence-electron chi connectivity index (χ4n) is 2.40. The largest absolute Gasteiger partial charge is 0.403 e. The Hall–Kier alpha value is -1.11. The lowest BCUT2D eigenvalue weighted by Crippen LogP contribution is -2.48. The van der Waals surface area contributed by atoms with Gasteiger partial charge in [-0.3, -0.25) is 4.68 Å². The van der Waals surface area contributed by atoms with Gasteiger partial charge in [-0.2, -0.15) is 18.3 Å². The number of piperidine rings is 1. The Labute approximate surface area is 104 Å². The molecule has 4 nitrogen and oxygen atoms in total. The first-order valence-corrected chi connectivity index (χ1v) is 6.17. The number of hydrogen-bond donors (Lipinski definition) is 1. The van der Waals surface area contributed by atoms with E-state index in [0.29, 0.717) is 19.5 Å².